The monoisotopic (exact) mass is 661 g/mol. The molecule has 0 saturated carbocycles. The number of hydrogen-bond acceptors (Lipinski definition) is 8. The summed E-state index contributed by atoms with van der Waals surface area (Å²) in [6.07, 6.45) is 32.2. The van der Waals surface area contributed by atoms with Crippen LogP contribution in [-0.2, 0) is 19.1 Å². The maximum absolute atomic E-state index is 11.3. The van der Waals surface area contributed by atoms with Gasteiger partial charge in [-0.05, 0) is 12.8 Å². The molecule has 0 aliphatic carbocycles. The van der Waals surface area contributed by atoms with E-state index < -0.39 is 12.2 Å². The summed E-state index contributed by atoms with van der Waals surface area (Å²) in [7, 11) is 0. The molecule has 0 heterocycles. The summed E-state index contributed by atoms with van der Waals surface area (Å²) in [6, 6.07) is 0. The number of unbranched alkanes of at least 4 members (excludes halogenated alkanes) is 24. The zero-order valence-corrected chi connectivity index (χ0v) is 30.2. The molecule has 0 fully saturated rings. The Labute approximate surface area is 283 Å². The van der Waals surface area contributed by atoms with Crippen LogP contribution in [0.15, 0.2) is 0 Å². The first-order valence-electron chi connectivity index (χ1n) is 19.3. The molecule has 0 saturated heterocycles. The predicted octanol–water partition coefficient (Wildman–Crippen LogP) is 8.73. The maximum Gasteiger partial charge on any atom is 0.305 e. The number of hydrogen-bond donors (Lipinski definition) is 4. The molecule has 0 bridgehead atoms. The molecule has 0 aromatic carbocycles. The van der Waals surface area contributed by atoms with Gasteiger partial charge < -0.3 is 29.9 Å². The van der Waals surface area contributed by atoms with Crippen molar-refractivity contribution in [2.75, 3.05) is 26.4 Å². The van der Waals surface area contributed by atoms with Crippen LogP contribution in [0.5, 0.6) is 0 Å². The number of aliphatic hydroxyl groups excluding tert-OH is 4. The largest absolute Gasteiger partial charge is 0.463 e. The van der Waals surface area contributed by atoms with E-state index in [4.69, 9.17) is 29.9 Å². The van der Waals surface area contributed by atoms with Gasteiger partial charge in [0.25, 0.3) is 0 Å². The van der Waals surface area contributed by atoms with E-state index in [0.717, 1.165) is 25.7 Å². The molecule has 8 heteroatoms. The Hall–Kier alpha value is -1.22. The lowest BCUT2D eigenvalue weighted by molar-refractivity contribution is -0.148. The number of carbonyl (C=O) groups excluding carboxylic acids is 2. The fourth-order valence-corrected chi connectivity index (χ4v) is 5.20. The SMILES string of the molecule is CCCCCCCCCCCCCCCC(=O)OCC(O)CO.CCCCCCCCCCCCCCCC(=O)OCC(O)CO. The van der Waals surface area contributed by atoms with Crippen molar-refractivity contribution < 1.29 is 39.5 Å². The lowest BCUT2D eigenvalue weighted by Gasteiger charge is -2.08. The van der Waals surface area contributed by atoms with E-state index in [0.29, 0.717) is 12.8 Å². The molecule has 0 aliphatic heterocycles. The molecule has 0 aromatic rings. The van der Waals surface area contributed by atoms with Gasteiger partial charge in [0.2, 0.25) is 0 Å². The van der Waals surface area contributed by atoms with Crippen molar-refractivity contribution in [3.8, 4) is 0 Å². The molecule has 0 aliphatic rings. The highest BCUT2D eigenvalue weighted by Gasteiger charge is 2.08. The Morgan fingerprint density at radius 1 is 0.413 bits per heavy atom. The van der Waals surface area contributed by atoms with Gasteiger partial charge in [-0.25, -0.2) is 0 Å². The van der Waals surface area contributed by atoms with Crippen LogP contribution in [0.4, 0.5) is 0 Å². The first kappa shape index (κ1) is 46.9. The molecule has 2 atom stereocenters. The minimum atomic E-state index is -0.953. The third kappa shape index (κ3) is 40.8. The minimum Gasteiger partial charge on any atom is -0.463 e. The quantitative estimate of drug-likeness (QED) is 0.0398. The van der Waals surface area contributed by atoms with Gasteiger partial charge in [-0.1, -0.05) is 168 Å². The Balaban J connectivity index is 0. The fourth-order valence-electron chi connectivity index (χ4n) is 5.20. The molecule has 8 nitrogen and oxygen atoms in total. The lowest BCUT2D eigenvalue weighted by atomic mass is 10.0. The van der Waals surface area contributed by atoms with Gasteiger partial charge in [0.15, 0.2) is 0 Å². The highest BCUT2D eigenvalue weighted by atomic mass is 16.5. The van der Waals surface area contributed by atoms with Crippen LogP contribution >= 0.6 is 0 Å². The normalized spacial score (nSPS) is 12.3. The zero-order valence-electron chi connectivity index (χ0n) is 30.2. The van der Waals surface area contributed by atoms with Gasteiger partial charge in [-0.3, -0.25) is 9.59 Å². The number of esters is 2. The Morgan fingerprint density at radius 2 is 0.630 bits per heavy atom. The van der Waals surface area contributed by atoms with E-state index >= 15 is 0 Å². The summed E-state index contributed by atoms with van der Waals surface area (Å²) < 4.78 is 9.71. The summed E-state index contributed by atoms with van der Waals surface area (Å²) >= 11 is 0. The van der Waals surface area contributed by atoms with E-state index in [1.54, 1.807) is 0 Å². The second kappa shape index (κ2) is 40.0. The Bertz CT molecular complexity index is 564. The summed E-state index contributed by atoms with van der Waals surface area (Å²) in [6.45, 7) is 3.56. The van der Waals surface area contributed by atoms with Crippen molar-refractivity contribution in [1.29, 1.82) is 0 Å². The molecule has 276 valence electrons. The molecule has 46 heavy (non-hydrogen) atoms. The number of aliphatic hydroxyl groups is 4. The summed E-state index contributed by atoms with van der Waals surface area (Å²) in [5.74, 6) is -0.554. The van der Waals surface area contributed by atoms with Crippen LogP contribution in [0.2, 0.25) is 0 Å². The van der Waals surface area contributed by atoms with Crippen molar-refractivity contribution in [3.05, 3.63) is 0 Å². The molecule has 0 spiro atoms. The Morgan fingerprint density at radius 3 is 0.848 bits per heavy atom. The average Bonchev–Trinajstić information content (AvgIpc) is 3.06. The predicted molar refractivity (Wildman–Crippen MR) is 189 cm³/mol. The van der Waals surface area contributed by atoms with Crippen molar-refractivity contribution in [2.24, 2.45) is 0 Å². The summed E-state index contributed by atoms with van der Waals surface area (Å²) in [5, 5.41) is 35.3. The number of ether oxygens (including phenoxy) is 2. The topological polar surface area (TPSA) is 134 Å². The van der Waals surface area contributed by atoms with Gasteiger partial charge in [-0.15, -0.1) is 0 Å². The molecular weight excluding hydrogens is 584 g/mol. The standard InChI is InChI=1S/2C19H38O4/c2*1-2-3-4-5-6-7-8-9-10-11-12-13-14-15-19(22)23-17-18(21)16-20/h2*18,20-21H,2-17H2,1H3. The van der Waals surface area contributed by atoms with Gasteiger partial charge in [-0.2, -0.15) is 0 Å². The van der Waals surface area contributed by atoms with Crippen molar-refractivity contribution in [3.63, 3.8) is 0 Å². The van der Waals surface area contributed by atoms with E-state index in [-0.39, 0.29) is 38.4 Å². The number of rotatable bonds is 34. The van der Waals surface area contributed by atoms with Crippen LogP contribution in [0, 0.1) is 0 Å². The second-order valence-corrected chi connectivity index (χ2v) is 13.0. The zero-order chi connectivity index (χ0) is 34.4. The first-order chi connectivity index (χ1) is 22.4. The van der Waals surface area contributed by atoms with Crippen LogP contribution in [-0.4, -0.2) is 71.0 Å². The third-order valence-corrected chi connectivity index (χ3v) is 8.26. The smallest absolute Gasteiger partial charge is 0.305 e. The average molecular weight is 661 g/mol. The van der Waals surface area contributed by atoms with Crippen LogP contribution in [0.3, 0.4) is 0 Å². The Kier molecular flexibility index (Phi) is 40.7. The molecule has 0 aromatic heterocycles. The number of carbonyl (C=O) groups is 2. The van der Waals surface area contributed by atoms with Crippen molar-refractivity contribution >= 4 is 11.9 Å². The molecule has 4 N–H and O–H groups in total. The second-order valence-electron chi connectivity index (χ2n) is 13.0. The maximum atomic E-state index is 11.3. The van der Waals surface area contributed by atoms with Gasteiger partial charge in [0.05, 0.1) is 13.2 Å². The molecular formula is C38H76O8. The highest BCUT2D eigenvalue weighted by Crippen LogP contribution is 2.14. The minimum absolute atomic E-state index is 0.103. The van der Waals surface area contributed by atoms with Crippen molar-refractivity contribution in [1.82, 2.24) is 0 Å². The van der Waals surface area contributed by atoms with E-state index in [1.807, 2.05) is 0 Å². The lowest BCUT2D eigenvalue weighted by Crippen LogP contribution is -2.21. The fraction of sp³-hybridized carbons (Fsp3) is 0.947. The van der Waals surface area contributed by atoms with E-state index in [9.17, 15) is 9.59 Å². The molecule has 2 unspecified atom stereocenters. The summed E-state index contributed by atoms with van der Waals surface area (Å²) in [5.41, 5.74) is 0. The van der Waals surface area contributed by atoms with E-state index in [1.165, 1.54) is 141 Å². The van der Waals surface area contributed by atoms with Gasteiger partial charge in [0.1, 0.15) is 25.4 Å². The van der Waals surface area contributed by atoms with Crippen LogP contribution < -0.4 is 0 Å². The van der Waals surface area contributed by atoms with Gasteiger partial charge >= 0.3 is 11.9 Å². The van der Waals surface area contributed by atoms with Crippen LogP contribution in [0.1, 0.15) is 194 Å². The molecule has 0 rings (SSSR count). The van der Waals surface area contributed by atoms with Gasteiger partial charge in [0, 0.05) is 12.8 Å². The molecule has 0 amide bonds. The first-order valence-corrected chi connectivity index (χ1v) is 19.3. The molecule has 0 radical (unpaired) electrons. The third-order valence-electron chi connectivity index (χ3n) is 8.26. The van der Waals surface area contributed by atoms with Crippen molar-refractivity contribution in [2.45, 2.75) is 206 Å². The van der Waals surface area contributed by atoms with Crippen LogP contribution in [0.25, 0.3) is 0 Å². The highest BCUT2D eigenvalue weighted by molar-refractivity contribution is 5.69. The van der Waals surface area contributed by atoms with E-state index in [2.05, 4.69) is 13.8 Å². The summed E-state index contributed by atoms with van der Waals surface area (Å²) in [4.78, 5) is 22.7.